The molecule has 0 fully saturated rings. The molecule has 3 aromatic carbocycles. The SMILES string of the molecule is CC(C)c1c(-c2ccccc2)n(-c2ccc(Br)cc2)c(=O)n1-c1ccc(Br)cc1. The molecule has 29 heavy (non-hydrogen) atoms. The van der Waals surface area contributed by atoms with Crippen molar-refractivity contribution in [2.45, 2.75) is 19.8 Å². The number of imidazole rings is 1. The molecule has 4 aromatic rings. The van der Waals surface area contributed by atoms with Gasteiger partial charge in [-0.05, 0) is 54.4 Å². The first kappa shape index (κ1) is 19.9. The highest BCUT2D eigenvalue weighted by atomic mass is 79.9. The predicted octanol–water partition coefficient (Wildman–Crippen LogP) is 6.94. The topological polar surface area (TPSA) is 26.9 Å². The van der Waals surface area contributed by atoms with E-state index in [4.69, 9.17) is 0 Å². The molecule has 0 aliphatic heterocycles. The van der Waals surface area contributed by atoms with Crippen molar-refractivity contribution in [3.8, 4) is 22.6 Å². The first-order valence-electron chi connectivity index (χ1n) is 9.42. The second kappa shape index (κ2) is 8.17. The number of aromatic nitrogens is 2. The summed E-state index contributed by atoms with van der Waals surface area (Å²) in [5.41, 5.74) is 4.57. The fourth-order valence-corrected chi connectivity index (χ4v) is 4.12. The molecule has 0 N–H and O–H groups in total. The minimum Gasteiger partial charge on any atom is -0.264 e. The average Bonchev–Trinajstić information content (AvgIpc) is 3.03. The molecule has 0 unspecified atom stereocenters. The Kier molecular flexibility index (Phi) is 5.61. The van der Waals surface area contributed by atoms with Gasteiger partial charge in [-0.1, -0.05) is 76.0 Å². The third kappa shape index (κ3) is 3.77. The number of hydrogen-bond acceptors (Lipinski definition) is 1. The maximum absolute atomic E-state index is 13.8. The maximum atomic E-state index is 13.8. The molecule has 4 rings (SSSR count). The van der Waals surface area contributed by atoms with Crippen LogP contribution in [0, 0.1) is 0 Å². The Bertz CT molecular complexity index is 1190. The first-order valence-corrected chi connectivity index (χ1v) is 11.0. The number of nitrogens with zero attached hydrogens (tertiary/aromatic N) is 2. The maximum Gasteiger partial charge on any atom is 0.338 e. The van der Waals surface area contributed by atoms with Crippen LogP contribution in [0.4, 0.5) is 0 Å². The zero-order valence-electron chi connectivity index (χ0n) is 16.1. The van der Waals surface area contributed by atoms with Crippen LogP contribution in [0.1, 0.15) is 25.5 Å². The van der Waals surface area contributed by atoms with E-state index in [1.165, 1.54) is 0 Å². The molecule has 1 aromatic heterocycles. The van der Waals surface area contributed by atoms with E-state index in [0.29, 0.717) is 0 Å². The Hall–Kier alpha value is -2.37. The summed E-state index contributed by atoms with van der Waals surface area (Å²) in [6, 6.07) is 25.8. The van der Waals surface area contributed by atoms with Crippen LogP contribution < -0.4 is 5.69 Å². The summed E-state index contributed by atoms with van der Waals surface area (Å²) in [5.74, 6) is 0.151. The zero-order chi connectivity index (χ0) is 20.5. The third-order valence-electron chi connectivity index (χ3n) is 4.85. The summed E-state index contributed by atoms with van der Waals surface area (Å²) in [6.45, 7) is 4.25. The van der Waals surface area contributed by atoms with Crippen molar-refractivity contribution >= 4 is 31.9 Å². The van der Waals surface area contributed by atoms with Crippen molar-refractivity contribution in [2.75, 3.05) is 0 Å². The highest BCUT2D eigenvalue weighted by Crippen LogP contribution is 2.33. The molecule has 146 valence electrons. The number of rotatable bonds is 4. The van der Waals surface area contributed by atoms with Gasteiger partial charge in [0.05, 0.1) is 22.8 Å². The van der Waals surface area contributed by atoms with Gasteiger partial charge in [0.25, 0.3) is 0 Å². The Morgan fingerprint density at radius 3 is 1.66 bits per heavy atom. The predicted molar refractivity (Wildman–Crippen MR) is 126 cm³/mol. The Morgan fingerprint density at radius 1 is 0.690 bits per heavy atom. The molecule has 0 aliphatic rings. The van der Waals surface area contributed by atoms with Crippen molar-refractivity contribution < 1.29 is 0 Å². The molecule has 0 saturated heterocycles. The van der Waals surface area contributed by atoms with Gasteiger partial charge in [-0.3, -0.25) is 9.13 Å². The van der Waals surface area contributed by atoms with Gasteiger partial charge in [-0.25, -0.2) is 4.79 Å². The summed E-state index contributed by atoms with van der Waals surface area (Å²) < 4.78 is 5.61. The standard InChI is InChI=1S/C24H20Br2N2O/c1-16(2)22-23(17-6-4-3-5-7-17)28(21-14-10-19(26)11-15-21)24(29)27(22)20-12-8-18(25)9-13-20/h3-16H,1-2H3. The lowest BCUT2D eigenvalue weighted by Crippen LogP contribution is -2.23. The number of benzene rings is 3. The Morgan fingerprint density at radius 2 is 1.17 bits per heavy atom. The van der Waals surface area contributed by atoms with Crippen LogP contribution in [0.2, 0.25) is 0 Å². The summed E-state index contributed by atoms with van der Waals surface area (Å²) in [6.07, 6.45) is 0. The largest absolute Gasteiger partial charge is 0.338 e. The van der Waals surface area contributed by atoms with Gasteiger partial charge in [0.15, 0.2) is 0 Å². The van der Waals surface area contributed by atoms with Crippen molar-refractivity contribution in [1.82, 2.24) is 9.13 Å². The molecule has 0 saturated carbocycles. The molecule has 0 atom stereocenters. The molecule has 3 nitrogen and oxygen atoms in total. The van der Waals surface area contributed by atoms with Crippen LogP contribution in [0.3, 0.4) is 0 Å². The van der Waals surface area contributed by atoms with Crippen LogP contribution in [-0.4, -0.2) is 9.13 Å². The van der Waals surface area contributed by atoms with Gasteiger partial charge in [0.1, 0.15) is 0 Å². The zero-order valence-corrected chi connectivity index (χ0v) is 19.3. The second-order valence-corrected chi connectivity index (χ2v) is 8.99. The van der Waals surface area contributed by atoms with E-state index in [9.17, 15) is 4.79 Å². The summed E-state index contributed by atoms with van der Waals surface area (Å²) >= 11 is 6.98. The van der Waals surface area contributed by atoms with Crippen molar-refractivity contribution in [2.24, 2.45) is 0 Å². The van der Waals surface area contributed by atoms with Crippen LogP contribution in [0.15, 0.2) is 92.6 Å². The van der Waals surface area contributed by atoms with Crippen molar-refractivity contribution in [3.05, 3.63) is 104 Å². The monoisotopic (exact) mass is 510 g/mol. The fourth-order valence-electron chi connectivity index (χ4n) is 3.59. The minimum atomic E-state index is -0.0720. The highest BCUT2D eigenvalue weighted by Gasteiger charge is 2.25. The van der Waals surface area contributed by atoms with Crippen LogP contribution in [0.25, 0.3) is 22.6 Å². The van der Waals surface area contributed by atoms with Gasteiger partial charge in [0, 0.05) is 14.5 Å². The smallest absolute Gasteiger partial charge is 0.264 e. The van der Waals surface area contributed by atoms with E-state index >= 15 is 0 Å². The lowest BCUT2D eigenvalue weighted by Gasteiger charge is -2.14. The van der Waals surface area contributed by atoms with Crippen molar-refractivity contribution in [3.63, 3.8) is 0 Å². The molecular weight excluding hydrogens is 492 g/mol. The minimum absolute atomic E-state index is 0.0720. The Labute approximate surface area is 186 Å². The average molecular weight is 512 g/mol. The van der Waals surface area contributed by atoms with Gasteiger partial charge >= 0.3 is 5.69 Å². The molecular formula is C24H20Br2N2O. The Balaban J connectivity index is 2.11. The number of hydrogen-bond donors (Lipinski definition) is 0. The second-order valence-electron chi connectivity index (χ2n) is 7.16. The molecule has 0 aliphatic carbocycles. The van der Waals surface area contributed by atoms with E-state index in [2.05, 4.69) is 57.8 Å². The molecule has 0 radical (unpaired) electrons. The lowest BCUT2D eigenvalue weighted by molar-refractivity contribution is 0.775. The third-order valence-corrected chi connectivity index (χ3v) is 5.91. The molecule has 1 heterocycles. The highest BCUT2D eigenvalue weighted by molar-refractivity contribution is 9.10. The molecule has 0 amide bonds. The summed E-state index contributed by atoms with van der Waals surface area (Å²) in [4.78, 5) is 13.8. The van der Waals surface area contributed by atoms with Gasteiger partial charge in [0.2, 0.25) is 0 Å². The van der Waals surface area contributed by atoms with Crippen LogP contribution >= 0.6 is 31.9 Å². The molecule has 0 spiro atoms. The molecule has 5 heteroatoms. The summed E-state index contributed by atoms with van der Waals surface area (Å²) in [7, 11) is 0. The van der Waals surface area contributed by atoms with Gasteiger partial charge < -0.3 is 0 Å². The van der Waals surface area contributed by atoms with E-state index in [0.717, 1.165) is 37.3 Å². The molecule has 0 bridgehead atoms. The van der Waals surface area contributed by atoms with Crippen LogP contribution in [-0.2, 0) is 0 Å². The van der Waals surface area contributed by atoms with Crippen LogP contribution in [0.5, 0.6) is 0 Å². The number of halogens is 2. The summed E-state index contributed by atoms with van der Waals surface area (Å²) in [5, 5.41) is 0. The van der Waals surface area contributed by atoms with E-state index in [1.54, 1.807) is 0 Å². The first-order chi connectivity index (χ1) is 14.0. The quantitative estimate of drug-likeness (QED) is 0.291. The van der Waals surface area contributed by atoms with Crippen molar-refractivity contribution in [1.29, 1.82) is 0 Å². The van der Waals surface area contributed by atoms with Gasteiger partial charge in [-0.2, -0.15) is 0 Å². The van der Waals surface area contributed by atoms with E-state index in [-0.39, 0.29) is 11.6 Å². The lowest BCUT2D eigenvalue weighted by atomic mass is 10.0. The van der Waals surface area contributed by atoms with E-state index in [1.807, 2.05) is 75.9 Å². The van der Waals surface area contributed by atoms with E-state index < -0.39 is 0 Å². The normalized spacial score (nSPS) is 11.2. The fraction of sp³-hybridized carbons (Fsp3) is 0.125. The van der Waals surface area contributed by atoms with Gasteiger partial charge in [-0.15, -0.1) is 0 Å².